The molecule has 0 radical (unpaired) electrons. The van der Waals surface area contributed by atoms with Crippen molar-refractivity contribution < 1.29 is 97.6 Å². The SMILES string of the molecule is O=S(=O)([O-])[O-].[K+].[Mg+2].[O]=[Mn](=[O])(=[O])[O-]. The van der Waals surface area contributed by atoms with Crippen LogP contribution in [0.25, 0.3) is 0 Å². The summed E-state index contributed by atoms with van der Waals surface area (Å²) in [6, 6.07) is 0. The topological polar surface area (TPSA) is 155 Å². The Morgan fingerprint density at radius 3 is 1.00 bits per heavy atom. The molecule has 0 aliphatic rings. The van der Waals surface area contributed by atoms with Gasteiger partial charge < -0.3 is 9.11 Å². The fourth-order valence-electron chi connectivity index (χ4n) is 0. The average Bonchev–Trinajstić information content (AvgIpc) is 1.12. The van der Waals surface area contributed by atoms with Gasteiger partial charge in [-0.2, -0.15) is 0 Å². The van der Waals surface area contributed by atoms with Crippen LogP contribution in [0.4, 0.5) is 0 Å². The zero-order valence-corrected chi connectivity index (χ0v) is 12.3. The van der Waals surface area contributed by atoms with Crippen LogP contribution in [-0.4, -0.2) is 40.6 Å². The van der Waals surface area contributed by atoms with Crippen LogP contribution >= 0.6 is 0 Å². The molecular weight excluding hydrogens is 278 g/mol. The standard InChI is InChI=1S/K.Mg.Mn.H2O4S.4O/c;;;1-5(2,3)4;;;;/h;;;(H2,1,2,3,4);;;;/q+1;+2;;;;;;-1/p-2. The molecule has 0 saturated carbocycles. The van der Waals surface area contributed by atoms with Gasteiger partial charge >= 0.3 is 103 Å². The van der Waals surface area contributed by atoms with Crippen molar-refractivity contribution in [2.45, 2.75) is 0 Å². The Balaban J connectivity index is -0.0000000457. The number of rotatable bonds is 0. The predicted octanol–water partition coefficient (Wildman–Crippen LogP) is -6.26. The maximum absolute atomic E-state index is 8.58. The van der Waals surface area contributed by atoms with Gasteiger partial charge in [0.05, 0.1) is 0 Å². The molecule has 0 aromatic heterocycles. The number of hydrogen-bond acceptors (Lipinski definition) is 8. The predicted molar refractivity (Wildman–Crippen MR) is 18.3 cm³/mol. The van der Waals surface area contributed by atoms with E-state index in [1.54, 1.807) is 0 Å². The van der Waals surface area contributed by atoms with Crippen LogP contribution in [0, 0.1) is 0 Å². The Bertz CT molecular complexity index is 294. The first-order chi connectivity index (χ1) is 4.00. The Morgan fingerprint density at radius 1 is 1.00 bits per heavy atom. The summed E-state index contributed by atoms with van der Waals surface area (Å²) >= 11 is -5.62. The van der Waals surface area contributed by atoms with Crippen molar-refractivity contribution in [2.24, 2.45) is 0 Å². The summed E-state index contributed by atoms with van der Waals surface area (Å²) in [7, 11) is -5.17. The monoisotopic (exact) mass is 278 g/mol. The second-order valence-corrected chi connectivity index (χ2v) is 2.78. The van der Waals surface area contributed by atoms with E-state index in [0.717, 1.165) is 0 Å². The van der Waals surface area contributed by atoms with Gasteiger partial charge in [-0.3, -0.25) is 8.42 Å². The van der Waals surface area contributed by atoms with Gasteiger partial charge in [0.1, 0.15) is 0 Å². The fraction of sp³-hybridized carbons (Fsp3) is 0. The first-order valence-corrected chi connectivity index (χ1v) is 4.54. The molecule has 0 atom stereocenters. The molecule has 0 saturated heterocycles. The Labute approximate surface area is 128 Å². The van der Waals surface area contributed by atoms with Crippen LogP contribution in [0.15, 0.2) is 0 Å². The number of hydrogen-bond donors (Lipinski definition) is 0. The van der Waals surface area contributed by atoms with Crippen LogP contribution in [-0.2, 0) is 34.9 Å². The van der Waals surface area contributed by atoms with Crippen LogP contribution in [0.1, 0.15) is 0 Å². The maximum atomic E-state index is 8.58. The van der Waals surface area contributed by atoms with Crippen LogP contribution in [0.3, 0.4) is 0 Å². The van der Waals surface area contributed by atoms with E-state index in [1.165, 1.54) is 0 Å². The first-order valence-electron chi connectivity index (χ1n) is 1.28. The average molecular weight is 278 g/mol. The summed E-state index contributed by atoms with van der Waals surface area (Å²) in [5, 5.41) is 0. The van der Waals surface area contributed by atoms with Gasteiger partial charge in [0.15, 0.2) is 0 Å². The molecule has 0 bridgehead atoms. The van der Waals surface area contributed by atoms with Crippen molar-refractivity contribution in [2.75, 3.05) is 0 Å². The quantitative estimate of drug-likeness (QED) is 0.241. The zero-order chi connectivity index (χ0) is 9.00. The van der Waals surface area contributed by atoms with Gasteiger partial charge in [-0.15, -0.1) is 0 Å². The van der Waals surface area contributed by atoms with E-state index in [1.807, 2.05) is 0 Å². The molecule has 0 aliphatic heterocycles. The molecular formula is KMgMnO8S. The van der Waals surface area contributed by atoms with Gasteiger partial charge in [0.2, 0.25) is 0 Å². The van der Waals surface area contributed by atoms with E-state index >= 15 is 0 Å². The van der Waals surface area contributed by atoms with Gasteiger partial charge in [0.25, 0.3) is 0 Å². The van der Waals surface area contributed by atoms with Crippen molar-refractivity contribution >= 4 is 33.5 Å². The van der Waals surface area contributed by atoms with E-state index in [-0.39, 0.29) is 74.4 Å². The third-order valence-electron chi connectivity index (χ3n) is 0. The summed E-state index contributed by atoms with van der Waals surface area (Å²) < 4.78 is 68.4. The van der Waals surface area contributed by atoms with E-state index in [0.29, 0.717) is 0 Å². The summed E-state index contributed by atoms with van der Waals surface area (Å²) in [5.41, 5.74) is 0. The normalized spacial score (nSPS) is 9.58. The minimum atomic E-state index is -5.62. The Kier molecular flexibility index (Phi) is 19.2. The van der Waals surface area contributed by atoms with Crippen molar-refractivity contribution in [1.82, 2.24) is 0 Å². The molecule has 64 valence electrons. The fourth-order valence-corrected chi connectivity index (χ4v) is 0. The molecule has 0 aromatic carbocycles. The second kappa shape index (κ2) is 9.70. The van der Waals surface area contributed by atoms with E-state index in [9.17, 15) is 0 Å². The molecule has 8 nitrogen and oxygen atoms in total. The Morgan fingerprint density at radius 2 is 1.00 bits per heavy atom. The van der Waals surface area contributed by atoms with Crippen molar-refractivity contribution in [3.63, 3.8) is 0 Å². The summed E-state index contributed by atoms with van der Waals surface area (Å²) in [6.45, 7) is 0. The van der Waals surface area contributed by atoms with Gasteiger partial charge in [-0.1, -0.05) is 0 Å². The molecule has 0 N–H and O–H groups in total. The van der Waals surface area contributed by atoms with Crippen LogP contribution < -0.4 is 55.6 Å². The third kappa shape index (κ3) is 326. The summed E-state index contributed by atoms with van der Waals surface area (Å²) in [6.07, 6.45) is 0. The molecule has 0 amide bonds. The molecule has 0 fully saturated rings. The van der Waals surface area contributed by atoms with Crippen LogP contribution in [0.5, 0.6) is 0 Å². The van der Waals surface area contributed by atoms with E-state index in [2.05, 4.69) is 0 Å². The Hall–Kier alpha value is 2.15. The third-order valence-corrected chi connectivity index (χ3v) is 0. The van der Waals surface area contributed by atoms with Gasteiger partial charge in [0, 0.05) is 10.4 Å². The van der Waals surface area contributed by atoms with Crippen molar-refractivity contribution in [3.05, 3.63) is 0 Å². The molecule has 12 heteroatoms. The van der Waals surface area contributed by atoms with Crippen LogP contribution in [0.2, 0.25) is 0 Å². The molecule has 0 rings (SSSR count). The molecule has 0 heterocycles. The first kappa shape index (κ1) is 23.8. The summed E-state index contributed by atoms with van der Waals surface area (Å²) in [4.78, 5) is 0. The van der Waals surface area contributed by atoms with Gasteiger partial charge in [-0.05, 0) is 0 Å². The molecule has 0 aliphatic carbocycles. The molecule has 0 unspecified atom stereocenters. The second-order valence-electron chi connectivity index (χ2n) is 0.786. The van der Waals surface area contributed by atoms with Crippen molar-refractivity contribution in [3.8, 4) is 0 Å². The van der Waals surface area contributed by atoms with E-state index < -0.39 is 23.4 Å². The van der Waals surface area contributed by atoms with Gasteiger partial charge in [-0.25, -0.2) is 0 Å². The molecule has 12 heavy (non-hydrogen) atoms. The van der Waals surface area contributed by atoms with E-state index in [4.69, 9.17) is 33.2 Å². The zero-order valence-electron chi connectivity index (χ0n) is 5.76. The molecule has 0 aromatic rings. The molecule has 0 spiro atoms. The summed E-state index contributed by atoms with van der Waals surface area (Å²) in [5.74, 6) is 0. The minimum absolute atomic E-state index is 0. The van der Waals surface area contributed by atoms with Crippen molar-refractivity contribution in [1.29, 1.82) is 0 Å².